The summed E-state index contributed by atoms with van der Waals surface area (Å²) in [4.78, 5) is 12.9. The predicted octanol–water partition coefficient (Wildman–Crippen LogP) is 5.26. The van der Waals surface area contributed by atoms with E-state index in [1.807, 2.05) is 32.9 Å². The molecule has 4 nitrogen and oxygen atoms in total. The van der Waals surface area contributed by atoms with Crippen molar-refractivity contribution in [3.05, 3.63) is 87.2 Å². The van der Waals surface area contributed by atoms with E-state index < -0.39 is 0 Å². The van der Waals surface area contributed by atoms with E-state index in [2.05, 4.69) is 53.7 Å². The van der Waals surface area contributed by atoms with Crippen LogP contribution in [0.5, 0.6) is 0 Å². The van der Waals surface area contributed by atoms with Gasteiger partial charge in [-0.15, -0.1) is 0 Å². The second-order valence-corrected chi connectivity index (χ2v) is 7.54. The van der Waals surface area contributed by atoms with Crippen LogP contribution in [0.1, 0.15) is 58.2 Å². The molecule has 0 aliphatic carbocycles. The molecule has 0 aliphatic heterocycles. The van der Waals surface area contributed by atoms with Crippen molar-refractivity contribution in [2.24, 2.45) is 0 Å². The minimum atomic E-state index is -0.204. The molecule has 2 aromatic carbocycles. The first kappa shape index (κ1) is 20.2. The van der Waals surface area contributed by atoms with Crippen LogP contribution in [-0.2, 0) is 13.0 Å². The standard InChI is InChI=1S/C23H26ClN3O/c1-5-18-10-12-20(13-11-18)16(3)25-23(28)21-17(4)26-27(22(21)24)14-19-8-6-15(2)7-9-19/h6-13,16H,5,14H2,1-4H3,(H,25,28). The van der Waals surface area contributed by atoms with Gasteiger partial charge in [0.05, 0.1) is 23.8 Å². The van der Waals surface area contributed by atoms with Crippen molar-refractivity contribution in [1.29, 1.82) is 0 Å². The van der Waals surface area contributed by atoms with E-state index in [1.54, 1.807) is 4.68 Å². The Kier molecular flexibility index (Phi) is 6.20. The van der Waals surface area contributed by atoms with E-state index in [0.717, 1.165) is 17.5 Å². The van der Waals surface area contributed by atoms with Gasteiger partial charge in [0, 0.05) is 0 Å². The lowest BCUT2D eigenvalue weighted by molar-refractivity contribution is 0.0939. The molecule has 0 aliphatic rings. The smallest absolute Gasteiger partial charge is 0.256 e. The van der Waals surface area contributed by atoms with Crippen LogP contribution in [0.2, 0.25) is 5.15 Å². The van der Waals surface area contributed by atoms with Gasteiger partial charge in [-0.1, -0.05) is 72.6 Å². The number of hydrogen-bond acceptors (Lipinski definition) is 2. The van der Waals surface area contributed by atoms with E-state index in [4.69, 9.17) is 11.6 Å². The molecule has 0 bridgehead atoms. The number of hydrogen-bond donors (Lipinski definition) is 1. The summed E-state index contributed by atoms with van der Waals surface area (Å²) in [5.74, 6) is -0.204. The summed E-state index contributed by atoms with van der Waals surface area (Å²) in [6, 6.07) is 16.4. The van der Waals surface area contributed by atoms with Crippen LogP contribution >= 0.6 is 11.6 Å². The van der Waals surface area contributed by atoms with Crippen molar-refractivity contribution in [3.8, 4) is 0 Å². The lowest BCUT2D eigenvalue weighted by Crippen LogP contribution is -2.27. The molecule has 1 unspecified atom stereocenters. The SMILES string of the molecule is CCc1ccc(C(C)NC(=O)c2c(C)nn(Cc3ccc(C)cc3)c2Cl)cc1. The van der Waals surface area contributed by atoms with E-state index in [9.17, 15) is 4.79 Å². The molecule has 0 fully saturated rings. The van der Waals surface area contributed by atoms with Crippen LogP contribution in [0.4, 0.5) is 0 Å². The molecule has 3 rings (SSSR count). The van der Waals surface area contributed by atoms with Crippen molar-refractivity contribution in [2.75, 3.05) is 0 Å². The fourth-order valence-electron chi connectivity index (χ4n) is 3.18. The number of rotatable bonds is 6. The van der Waals surface area contributed by atoms with Gasteiger partial charge in [0.25, 0.3) is 5.91 Å². The fraction of sp³-hybridized carbons (Fsp3) is 0.304. The number of aromatic nitrogens is 2. The van der Waals surface area contributed by atoms with Gasteiger partial charge in [-0.05, 0) is 43.9 Å². The highest BCUT2D eigenvalue weighted by atomic mass is 35.5. The first-order chi connectivity index (χ1) is 13.4. The Morgan fingerprint density at radius 3 is 2.29 bits per heavy atom. The topological polar surface area (TPSA) is 46.9 Å². The highest BCUT2D eigenvalue weighted by Gasteiger charge is 2.22. The van der Waals surface area contributed by atoms with Gasteiger partial charge in [-0.25, -0.2) is 4.68 Å². The maximum atomic E-state index is 12.9. The first-order valence-corrected chi connectivity index (χ1v) is 9.95. The van der Waals surface area contributed by atoms with Crippen LogP contribution in [0.15, 0.2) is 48.5 Å². The molecular weight excluding hydrogens is 370 g/mol. The Balaban J connectivity index is 1.75. The fourth-order valence-corrected chi connectivity index (χ4v) is 3.50. The maximum absolute atomic E-state index is 12.9. The van der Waals surface area contributed by atoms with E-state index in [1.165, 1.54) is 11.1 Å². The number of amides is 1. The Labute approximate surface area is 171 Å². The number of aryl methyl sites for hydroxylation is 3. The van der Waals surface area contributed by atoms with Crippen LogP contribution in [0.25, 0.3) is 0 Å². The van der Waals surface area contributed by atoms with Gasteiger partial charge in [0.1, 0.15) is 5.15 Å². The van der Waals surface area contributed by atoms with Crippen LogP contribution in [-0.4, -0.2) is 15.7 Å². The summed E-state index contributed by atoms with van der Waals surface area (Å²) in [5, 5.41) is 7.88. The monoisotopic (exact) mass is 395 g/mol. The molecule has 0 saturated heterocycles. The Morgan fingerprint density at radius 2 is 1.68 bits per heavy atom. The molecule has 0 saturated carbocycles. The molecule has 146 valence electrons. The number of carbonyl (C=O) groups excluding carboxylic acids is 1. The van der Waals surface area contributed by atoms with Crippen molar-refractivity contribution >= 4 is 17.5 Å². The zero-order chi connectivity index (χ0) is 20.3. The maximum Gasteiger partial charge on any atom is 0.256 e. The number of benzene rings is 2. The van der Waals surface area contributed by atoms with Gasteiger partial charge in [0.2, 0.25) is 0 Å². The minimum Gasteiger partial charge on any atom is -0.345 e. The third kappa shape index (κ3) is 4.45. The Bertz CT molecular complexity index is 959. The lowest BCUT2D eigenvalue weighted by Gasteiger charge is -2.15. The summed E-state index contributed by atoms with van der Waals surface area (Å²) >= 11 is 6.51. The molecule has 1 amide bonds. The summed E-state index contributed by atoms with van der Waals surface area (Å²) < 4.78 is 1.68. The summed E-state index contributed by atoms with van der Waals surface area (Å²) in [6.07, 6.45) is 0.996. The molecule has 1 atom stereocenters. The molecule has 28 heavy (non-hydrogen) atoms. The molecular formula is C23H26ClN3O. The third-order valence-electron chi connectivity index (χ3n) is 4.98. The van der Waals surface area contributed by atoms with Crippen LogP contribution in [0, 0.1) is 13.8 Å². The molecule has 5 heteroatoms. The van der Waals surface area contributed by atoms with Crippen molar-refractivity contribution in [3.63, 3.8) is 0 Å². The zero-order valence-electron chi connectivity index (χ0n) is 16.8. The highest BCUT2D eigenvalue weighted by Crippen LogP contribution is 2.23. The molecule has 1 N–H and O–H groups in total. The first-order valence-electron chi connectivity index (χ1n) is 9.57. The summed E-state index contributed by atoms with van der Waals surface area (Å²) in [5.41, 5.74) is 5.69. The highest BCUT2D eigenvalue weighted by molar-refractivity contribution is 6.33. The summed E-state index contributed by atoms with van der Waals surface area (Å²) in [6.45, 7) is 8.49. The van der Waals surface area contributed by atoms with E-state index in [0.29, 0.717) is 23.0 Å². The van der Waals surface area contributed by atoms with Gasteiger partial charge >= 0.3 is 0 Å². The van der Waals surface area contributed by atoms with Crippen molar-refractivity contribution in [1.82, 2.24) is 15.1 Å². The van der Waals surface area contributed by atoms with Crippen LogP contribution < -0.4 is 5.32 Å². The largest absolute Gasteiger partial charge is 0.345 e. The number of nitrogens with one attached hydrogen (secondary N) is 1. The van der Waals surface area contributed by atoms with Crippen molar-refractivity contribution in [2.45, 2.75) is 46.7 Å². The predicted molar refractivity (Wildman–Crippen MR) is 114 cm³/mol. The van der Waals surface area contributed by atoms with Gasteiger partial charge < -0.3 is 5.32 Å². The molecule has 1 aromatic heterocycles. The lowest BCUT2D eigenvalue weighted by atomic mass is 10.0. The quantitative estimate of drug-likeness (QED) is 0.619. The number of nitrogens with zero attached hydrogens (tertiary/aromatic N) is 2. The number of carbonyl (C=O) groups is 1. The van der Waals surface area contributed by atoms with E-state index >= 15 is 0 Å². The van der Waals surface area contributed by atoms with E-state index in [-0.39, 0.29) is 11.9 Å². The third-order valence-corrected chi connectivity index (χ3v) is 5.37. The van der Waals surface area contributed by atoms with Gasteiger partial charge in [0.15, 0.2) is 0 Å². The molecule has 0 spiro atoms. The normalized spacial score (nSPS) is 12.0. The number of halogens is 1. The van der Waals surface area contributed by atoms with Crippen molar-refractivity contribution < 1.29 is 4.79 Å². The molecule has 3 aromatic rings. The molecule has 1 heterocycles. The minimum absolute atomic E-state index is 0.116. The zero-order valence-corrected chi connectivity index (χ0v) is 17.5. The average molecular weight is 396 g/mol. The Hall–Kier alpha value is -2.59. The van der Waals surface area contributed by atoms with Gasteiger partial charge in [-0.2, -0.15) is 5.10 Å². The summed E-state index contributed by atoms with van der Waals surface area (Å²) in [7, 11) is 0. The van der Waals surface area contributed by atoms with Crippen LogP contribution in [0.3, 0.4) is 0 Å². The average Bonchev–Trinajstić information content (AvgIpc) is 2.96. The second kappa shape index (κ2) is 8.61. The molecule has 0 radical (unpaired) electrons. The van der Waals surface area contributed by atoms with Gasteiger partial charge in [-0.3, -0.25) is 4.79 Å². The second-order valence-electron chi connectivity index (χ2n) is 7.18. The Morgan fingerprint density at radius 1 is 1.07 bits per heavy atom.